The number of rotatable bonds is 4. The van der Waals surface area contributed by atoms with Gasteiger partial charge in [-0.05, 0) is 98.5 Å². The molecule has 2 aliphatic rings. The van der Waals surface area contributed by atoms with E-state index >= 15 is 0 Å². The molecule has 0 fully saturated rings. The molecule has 0 spiro atoms. The van der Waals surface area contributed by atoms with Crippen LogP contribution >= 0.6 is 0 Å². The van der Waals surface area contributed by atoms with Gasteiger partial charge in [-0.2, -0.15) is 0 Å². The number of aromatic nitrogens is 1. The Morgan fingerprint density at radius 3 is 2.00 bits per heavy atom. The number of ether oxygens (including phenoxy) is 1. The quantitative estimate of drug-likeness (QED) is 0.181. The van der Waals surface area contributed by atoms with Gasteiger partial charge in [0.1, 0.15) is 12.4 Å². The molecule has 0 saturated carbocycles. The Balaban J connectivity index is 1.04. The van der Waals surface area contributed by atoms with Crippen molar-refractivity contribution in [2.45, 2.75) is 18.9 Å². The third-order valence-electron chi connectivity index (χ3n) is 11.5. The van der Waals surface area contributed by atoms with Crippen molar-refractivity contribution in [3.63, 3.8) is 0 Å². The van der Waals surface area contributed by atoms with Gasteiger partial charge < -0.3 is 9.30 Å². The smallest absolute Gasteiger partial charge is 0.127 e. The SMILES string of the molecule is c1ccc(-c2ccccc2C2Cc3ccc(-c4ccc5c(c4)c4ccccc4n5-c4cccc5c4-c4ccccc4OC5)cc3-c3ccccc32)cc1. The molecule has 2 nitrogen and oxygen atoms in total. The maximum atomic E-state index is 6.17. The lowest BCUT2D eigenvalue weighted by atomic mass is 9.73. The van der Waals surface area contributed by atoms with E-state index in [1.54, 1.807) is 0 Å². The minimum Gasteiger partial charge on any atom is -0.488 e. The minimum absolute atomic E-state index is 0.283. The van der Waals surface area contributed by atoms with E-state index in [1.165, 1.54) is 88.7 Å². The predicted octanol–water partition coefficient (Wildman–Crippen LogP) is 13.0. The van der Waals surface area contributed by atoms with Crippen molar-refractivity contribution in [1.29, 1.82) is 0 Å². The van der Waals surface area contributed by atoms with Crippen LogP contribution in [0.3, 0.4) is 0 Å². The second kappa shape index (κ2) is 12.0. The Morgan fingerprint density at radius 1 is 0.434 bits per heavy atom. The molecule has 1 unspecified atom stereocenters. The second-order valence-electron chi connectivity index (χ2n) is 14.3. The first-order chi connectivity index (χ1) is 26.3. The van der Waals surface area contributed by atoms with Crippen molar-refractivity contribution >= 4 is 21.8 Å². The lowest BCUT2D eigenvalue weighted by Crippen LogP contribution is -2.13. The second-order valence-corrected chi connectivity index (χ2v) is 14.3. The minimum atomic E-state index is 0.283. The van der Waals surface area contributed by atoms with Gasteiger partial charge in [0.25, 0.3) is 0 Å². The Labute approximate surface area is 309 Å². The molecule has 0 radical (unpaired) electrons. The van der Waals surface area contributed by atoms with Gasteiger partial charge in [0.15, 0.2) is 0 Å². The largest absolute Gasteiger partial charge is 0.488 e. The lowest BCUT2D eigenvalue weighted by molar-refractivity contribution is 0.302. The number of hydrogen-bond acceptors (Lipinski definition) is 1. The zero-order valence-corrected chi connectivity index (χ0v) is 29.2. The standard InChI is InChI=1S/C51H35NO/c1-2-13-33(14-3-1)38-16-4-5-17-39(38)45-31-36-26-25-34(29-44(36)40-18-6-7-19-41(40)45)35-27-28-48-46(30-35)42-20-8-10-22-47(42)52(48)49-23-12-15-37-32-53-50-24-11-9-21-43(50)51(37)49/h1-30,45H,31-32H2. The Kier molecular flexibility index (Phi) is 6.78. The zero-order valence-electron chi connectivity index (χ0n) is 29.2. The number of fused-ring (bicyclic) bond motifs is 9. The van der Waals surface area contributed by atoms with Crippen LogP contribution in [0.1, 0.15) is 28.2 Å². The summed E-state index contributed by atoms with van der Waals surface area (Å²) in [5, 5.41) is 2.51. The first-order valence-electron chi connectivity index (χ1n) is 18.5. The Morgan fingerprint density at radius 2 is 1.11 bits per heavy atom. The lowest BCUT2D eigenvalue weighted by Gasteiger charge is -2.30. The average Bonchev–Trinajstić information content (AvgIpc) is 3.57. The van der Waals surface area contributed by atoms with Crippen LogP contribution in [0.5, 0.6) is 5.75 Å². The van der Waals surface area contributed by atoms with Crippen molar-refractivity contribution in [1.82, 2.24) is 4.57 Å². The fraction of sp³-hybridized carbons (Fsp3) is 0.0588. The molecule has 1 aliphatic carbocycles. The fourth-order valence-electron chi connectivity index (χ4n) is 9.09. The van der Waals surface area contributed by atoms with E-state index in [1.807, 2.05) is 0 Å². The highest BCUT2D eigenvalue weighted by Gasteiger charge is 2.28. The highest BCUT2D eigenvalue weighted by Crippen LogP contribution is 2.47. The van der Waals surface area contributed by atoms with E-state index in [-0.39, 0.29) is 5.92 Å². The molecule has 11 rings (SSSR count). The molecule has 0 amide bonds. The Hall–Kier alpha value is -6.64. The highest BCUT2D eigenvalue weighted by molar-refractivity contribution is 6.11. The van der Waals surface area contributed by atoms with Gasteiger partial charge in [-0.3, -0.25) is 0 Å². The van der Waals surface area contributed by atoms with Crippen LogP contribution in [0.15, 0.2) is 182 Å². The summed E-state index contributed by atoms with van der Waals surface area (Å²) in [6, 6.07) is 66.8. The van der Waals surface area contributed by atoms with Crippen molar-refractivity contribution in [3.8, 4) is 55.9 Å². The molecule has 0 N–H and O–H groups in total. The van der Waals surface area contributed by atoms with Crippen LogP contribution in [0.2, 0.25) is 0 Å². The first kappa shape index (κ1) is 30.0. The molecule has 2 heterocycles. The molecule has 8 aromatic carbocycles. The fourth-order valence-corrected chi connectivity index (χ4v) is 9.09. The van der Waals surface area contributed by atoms with Crippen molar-refractivity contribution in [2.24, 2.45) is 0 Å². The van der Waals surface area contributed by atoms with Crippen LogP contribution in [0, 0.1) is 0 Å². The normalized spacial score (nSPS) is 14.2. The van der Waals surface area contributed by atoms with Gasteiger partial charge in [0, 0.05) is 27.8 Å². The molecule has 1 atom stereocenters. The van der Waals surface area contributed by atoms with E-state index in [4.69, 9.17) is 4.74 Å². The van der Waals surface area contributed by atoms with Crippen LogP contribution in [-0.2, 0) is 13.0 Å². The summed E-state index contributed by atoms with van der Waals surface area (Å²) in [5.41, 5.74) is 19.1. The third kappa shape index (κ3) is 4.72. The van der Waals surface area contributed by atoms with Crippen LogP contribution in [0.4, 0.5) is 0 Å². The summed E-state index contributed by atoms with van der Waals surface area (Å²) in [4.78, 5) is 0. The maximum Gasteiger partial charge on any atom is 0.127 e. The van der Waals surface area contributed by atoms with Crippen molar-refractivity contribution in [2.75, 3.05) is 0 Å². The number of benzene rings is 8. The molecule has 250 valence electrons. The van der Waals surface area contributed by atoms with Crippen LogP contribution in [-0.4, -0.2) is 4.57 Å². The van der Waals surface area contributed by atoms with E-state index in [2.05, 4.69) is 187 Å². The summed E-state index contributed by atoms with van der Waals surface area (Å²) in [7, 11) is 0. The van der Waals surface area contributed by atoms with Gasteiger partial charge in [-0.25, -0.2) is 0 Å². The molecule has 9 aromatic rings. The molecular formula is C51H35NO. The zero-order chi connectivity index (χ0) is 34.9. The molecular weight excluding hydrogens is 643 g/mol. The average molecular weight is 678 g/mol. The first-order valence-corrected chi connectivity index (χ1v) is 18.5. The van der Waals surface area contributed by atoms with Crippen LogP contribution in [0.25, 0.3) is 72.0 Å². The van der Waals surface area contributed by atoms with Gasteiger partial charge in [-0.1, -0.05) is 146 Å². The van der Waals surface area contributed by atoms with Gasteiger partial charge in [-0.15, -0.1) is 0 Å². The monoisotopic (exact) mass is 677 g/mol. The molecule has 0 bridgehead atoms. The number of para-hydroxylation sites is 2. The van der Waals surface area contributed by atoms with E-state index in [9.17, 15) is 0 Å². The highest BCUT2D eigenvalue weighted by atomic mass is 16.5. The summed E-state index contributed by atoms with van der Waals surface area (Å²) in [5.74, 6) is 1.22. The topological polar surface area (TPSA) is 14.2 Å². The molecule has 1 aliphatic heterocycles. The molecule has 1 aromatic heterocycles. The van der Waals surface area contributed by atoms with Gasteiger partial charge in [0.2, 0.25) is 0 Å². The third-order valence-corrected chi connectivity index (χ3v) is 11.5. The number of nitrogens with zero attached hydrogens (tertiary/aromatic N) is 1. The van der Waals surface area contributed by atoms with E-state index in [0.717, 1.165) is 17.7 Å². The van der Waals surface area contributed by atoms with Gasteiger partial charge in [0.05, 0.1) is 16.7 Å². The molecule has 53 heavy (non-hydrogen) atoms. The van der Waals surface area contributed by atoms with E-state index in [0.29, 0.717) is 6.61 Å². The molecule has 0 saturated heterocycles. The Bertz CT molecular complexity index is 2880. The summed E-state index contributed by atoms with van der Waals surface area (Å²) in [6.45, 7) is 0.573. The van der Waals surface area contributed by atoms with Gasteiger partial charge >= 0.3 is 0 Å². The van der Waals surface area contributed by atoms with E-state index < -0.39 is 0 Å². The van der Waals surface area contributed by atoms with Crippen LogP contribution < -0.4 is 4.74 Å². The summed E-state index contributed by atoms with van der Waals surface area (Å²) >= 11 is 0. The summed E-state index contributed by atoms with van der Waals surface area (Å²) in [6.07, 6.45) is 0.971. The summed E-state index contributed by atoms with van der Waals surface area (Å²) < 4.78 is 8.62. The maximum absolute atomic E-state index is 6.17. The molecule has 2 heteroatoms. The van der Waals surface area contributed by atoms with Crippen molar-refractivity contribution in [3.05, 3.63) is 204 Å². The van der Waals surface area contributed by atoms with Crippen molar-refractivity contribution < 1.29 is 4.74 Å². The predicted molar refractivity (Wildman–Crippen MR) is 219 cm³/mol. The number of hydrogen-bond donors (Lipinski definition) is 0.